The van der Waals surface area contributed by atoms with Crippen LogP contribution >= 0.6 is 23.2 Å². The number of esters is 1. The van der Waals surface area contributed by atoms with Crippen molar-refractivity contribution in [2.45, 2.75) is 20.4 Å². The van der Waals surface area contributed by atoms with Crippen molar-refractivity contribution in [2.75, 3.05) is 6.61 Å². The molecule has 0 aliphatic heterocycles. The Hall–Kier alpha value is -2.11. The molecule has 1 heterocycles. The first-order valence-corrected chi connectivity index (χ1v) is 7.94. The van der Waals surface area contributed by atoms with E-state index in [4.69, 9.17) is 27.9 Å². The molecule has 0 aliphatic rings. The van der Waals surface area contributed by atoms with E-state index in [0.29, 0.717) is 22.8 Å². The predicted octanol–water partition coefficient (Wildman–Crippen LogP) is 3.48. The number of nitrogens with zero attached hydrogens (tertiary/aromatic N) is 1. The number of amides is 1. The van der Waals surface area contributed by atoms with E-state index < -0.39 is 18.5 Å². The lowest BCUT2D eigenvalue weighted by atomic mass is 10.1. The number of pyridine rings is 1. The number of hydrogen-bond acceptors (Lipinski definition) is 4. The maximum atomic E-state index is 12.1. The molecule has 126 valence electrons. The van der Waals surface area contributed by atoms with Gasteiger partial charge in [-0.25, -0.2) is 9.78 Å². The zero-order valence-corrected chi connectivity index (χ0v) is 14.7. The average Bonchev–Trinajstić information content (AvgIpc) is 2.50. The van der Waals surface area contributed by atoms with Crippen LogP contribution in [0.4, 0.5) is 0 Å². The minimum absolute atomic E-state index is 0.0665. The minimum Gasteiger partial charge on any atom is -0.452 e. The third-order valence-electron chi connectivity index (χ3n) is 3.22. The van der Waals surface area contributed by atoms with Crippen LogP contribution in [-0.4, -0.2) is 23.5 Å². The summed E-state index contributed by atoms with van der Waals surface area (Å²) in [5.41, 5.74) is 2.37. The van der Waals surface area contributed by atoms with Crippen molar-refractivity contribution in [2.24, 2.45) is 0 Å². The van der Waals surface area contributed by atoms with Gasteiger partial charge in [-0.1, -0.05) is 35.3 Å². The Balaban J connectivity index is 1.89. The molecule has 0 aliphatic carbocycles. The summed E-state index contributed by atoms with van der Waals surface area (Å²) in [4.78, 5) is 27.9. The van der Waals surface area contributed by atoms with E-state index in [1.165, 1.54) is 0 Å². The van der Waals surface area contributed by atoms with Gasteiger partial charge in [-0.2, -0.15) is 0 Å². The van der Waals surface area contributed by atoms with Gasteiger partial charge >= 0.3 is 5.97 Å². The quantitative estimate of drug-likeness (QED) is 0.649. The Labute approximate surface area is 149 Å². The molecule has 7 heteroatoms. The van der Waals surface area contributed by atoms with Gasteiger partial charge in [-0.15, -0.1) is 0 Å². The molecule has 1 N–H and O–H groups in total. The number of benzene rings is 1. The molecule has 0 spiro atoms. The zero-order valence-electron chi connectivity index (χ0n) is 13.2. The first kappa shape index (κ1) is 18.2. The standard InChI is InChI=1S/C17H16Cl2N2O3/c1-10-6-11(2)21-16(19)15(10)17(23)24-9-14(22)20-8-12-4-3-5-13(18)7-12/h3-7H,8-9H2,1-2H3,(H,20,22). The third-order valence-corrected chi connectivity index (χ3v) is 3.73. The van der Waals surface area contributed by atoms with Gasteiger partial charge in [0.1, 0.15) is 5.15 Å². The van der Waals surface area contributed by atoms with Crippen LogP contribution in [0.5, 0.6) is 0 Å². The van der Waals surface area contributed by atoms with Crippen molar-refractivity contribution in [3.8, 4) is 0 Å². The summed E-state index contributed by atoms with van der Waals surface area (Å²) in [6.07, 6.45) is 0. The van der Waals surface area contributed by atoms with E-state index in [1.807, 2.05) is 6.07 Å². The number of aromatic nitrogens is 1. The van der Waals surface area contributed by atoms with Crippen LogP contribution in [-0.2, 0) is 16.1 Å². The lowest BCUT2D eigenvalue weighted by Gasteiger charge is -2.10. The fourth-order valence-electron chi connectivity index (χ4n) is 2.14. The normalized spacial score (nSPS) is 10.3. The fraction of sp³-hybridized carbons (Fsp3) is 0.235. The van der Waals surface area contributed by atoms with Crippen molar-refractivity contribution in [3.05, 3.63) is 62.9 Å². The summed E-state index contributed by atoms with van der Waals surface area (Å²) in [7, 11) is 0. The highest BCUT2D eigenvalue weighted by atomic mass is 35.5. The van der Waals surface area contributed by atoms with Crippen molar-refractivity contribution >= 4 is 35.1 Å². The number of halogens is 2. The van der Waals surface area contributed by atoms with Crippen LogP contribution in [0.2, 0.25) is 10.2 Å². The molecule has 0 fully saturated rings. The average molecular weight is 367 g/mol. The van der Waals surface area contributed by atoms with Gasteiger partial charge in [0.25, 0.3) is 5.91 Å². The summed E-state index contributed by atoms with van der Waals surface area (Å²) in [6.45, 7) is 3.40. The van der Waals surface area contributed by atoms with E-state index in [2.05, 4.69) is 10.3 Å². The van der Waals surface area contributed by atoms with E-state index >= 15 is 0 Å². The predicted molar refractivity (Wildman–Crippen MR) is 92.3 cm³/mol. The summed E-state index contributed by atoms with van der Waals surface area (Å²) in [5, 5.41) is 3.30. The molecule has 0 bridgehead atoms. The van der Waals surface area contributed by atoms with E-state index in [9.17, 15) is 9.59 Å². The third kappa shape index (κ3) is 4.94. The topological polar surface area (TPSA) is 68.3 Å². The molecule has 0 atom stereocenters. The van der Waals surface area contributed by atoms with Gasteiger partial charge in [0.05, 0.1) is 5.56 Å². The van der Waals surface area contributed by atoms with Gasteiger partial charge in [-0.05, 0) is 43.2 Å². The molecule has 0 saturated heterocycles. The van der Waals surface area contributed by atoms with Crippen molar-refractivity contribution in [1.82, 2.24) is 10.3 Å². The molecule has 1 aromatic carbocycles. The second-order valence-corrected chi connectivity index (χ2v) is 6.02. The first-order chi connectivity index (χ1) is 11.4. The lowest BCUT2D eigenvalue weighted by molar-refractivity contribution is -0.124. The molecule has 1 aromatic heterocycles. The Morgan fingerprint density at radius 1 is 1.21 bits per heavy atom. The Kier molecular flexibility index (Phi) is 6.17. The Bertz CT molecular complexity index is 755. The highest BCUT2D eigenvalue weighted by Gasteiger charge is 2.18. The smallest absolute Gasteiger partial charge is 0.342 e. The molecular formula is C17H16Cl2N2O3. The van der Waals surface area contributed by atoms with Gasteiger partial charge in [-0.3, -0.25) is 4.79 Å². The first-order valence-electron chi connectivity index (χ1n) is 7.19. The van der Waals surface area contributed by atoms with Crippen LogP contribution in [0.1, 0.15) is 27.2 Å². The summed E-state index contributed by atoms with van der Waals surface area (Å²) < 4.78 is 5.00. The minimum atomic E-state index is -0.678. The molecule has 24 heavy (non-hydrogen) atoms. The number of nitrogens with one attached hydrogen (secondary N) is 1. The molecule has 5 nitrogen and oxygen atoms in total. The van der Waals surface area contributed by atoms with E-state index in [-0.39, 0.29) is 10.7 Å². The summed E-state index contributed by atoms with van der Waals surface area (Å²) in [6, 6.07) is 8.84. The summed E-state index contributed by atoms with van der Waals surface area (Å²) >= 11 is 11.8. The monoisotopic (exact) mass is 366 g/mol. The largest absolute Gasteiger partial charge is 0.452 e. The van der Waals surface area contributed by atoms with Crippen LogP contribution in [0.3, 0.4) is 0 Å². The number of carbonyl (C=O) groups excluding carboxylic acids is 2. The lowest BCUT2D eigenvalue weighted by Crippen LogP contribution is -2.28. The molecule has 0 saturated carbocycles. The second kappa shape index (κ2) is 8.13. The molecule has 0 unspecified atom stereocenters. The second-order valence-electron chi connectivity index (χ2n) is 5.23. The number of carbonyl (C=O) groups is 2. The van der Waals surface area contributed by atoms with Crippen LogP contribution in [0.15, 0.2) is 30.3 Å². The van der Waals surface area contributed by atoms with Crippen LogP contribution < -0.4 is 5.32 Å². The van der Waals surface area contributed by atoms with Crippen LogP contribution in [0, 0.1) is 13.8 Å². The van der Waals surface area contributed by atoms with Crippen molar-refractivity contribution in [1.29, 1.82) is 0 Å². The number of ether oxygens (including phenoxy) is 1. The molecule has 0 radical (unpaired) electrons. The molecule has 2 rings (SSSR count). The zero-order chi connectivity index (χ0) is 17.7. The SMILES string of the molecule is Cc1cc(C)c(C(=O)OCC(=O)NCc2cccc(Cl)c2)c(Cl)n1. The van der Waals surface area contributed by atoms with Gasteiger partial charge in [0.2, 0.25) is 0 Å². The van der Waals surface area contributed by atoms with E-state index in [0.717, 1.165) is 5.56 Å². The molecular weight excluding hydrogens is 351 g/mol. The van der Waals surface area contributed by atoms with Gasteiger partial charge in [0, 0.05) is 17.3 Å². The fourth-order valence-corrected chi connectivity index (χ4v) is 2.71. The number of rotatable bonds is 5. The Morgan fingerprint density at radius 3 is 2.62 bits per heavy atom. The van der Waals surface area contributed by atoms with Crippen molar-refractivity contribution in [3.63, 3.8) is 0 Å². The number of hydrogen-bond donors (Lipinski definition) is 1. The highest BCUT2D eigenvalue weighted by Crippen LogP contribution is 2.19. The molecule has 1 amide bonds. The van der Waals surface area contributed by atoms with Crippen molar-refractivity contribution < 1.29 is 14.3 Å². The highest BCUT2D eigenvalue weighted by molar-refractivity contribution is 6.32. The Morgan fingerprint density at radius 2 is 1.96 bits per heavy atom. The van der Waals surface area contributed by atoms with Gasteiger partial charge in [0.15, 0.2) is 6.61 Å². The maximum absolute atomic E-state index is 12.1. The summed E-state index contributed by atoms with van der Waals surface area (Å²) in [5.74, 6) is -1.10. The molecule has 2 aromatic rings. The van der Waals surface area contributed by atoms with Gasteiger partial charge < -0.3 is 10.1 Å². The van der Waals surface area contributed by atoms with E-state index in [1.54, 1.807) is 38.1 Å². The van der Waals surface area contributed by atoms with Crippen LogP contribution in [0.25, 0.3) is 0 Å². The number of aryl methyl sites for hydroxylation is 2. The maximum Gasteiger partial charge on any atom is 0.342 e.